The third-order valence-corrected chi connectivity index (χ3v) is 4.11. The number of anilines is 1. The van der Waals surface area contributed by atoms with E-state index in [2.05, 4.69) is 19.6 Å². The lowest BCUT2D eigenvalue weighted by molar-refractivity contribution is 0.0698. The van der Waals surface area contributed by atoms with E-state index in [1.165, 1.54) is 0 Å². The Kier molecular flexibility index (Phi) is 2.66. The number of aromatic carboxylic acids is 1. The van der Waals surface area contributed by atoms with Gasteiger partial charge < -0.3 is 10.8 Å². The van der Waals surface area contributed by atoms with Crippen LogP contribution in [0.5, 0.6) is 0 Å². The van der Waals surface area contributed by atoms with Gasteiger partial charge in [-0.3, -0.25) is 0 Å². The summed E-state index contributed by atoms with van der Waals surface area (Å²) in [5.74, 6) is -0.873. The van der Waals surface area contributed by atoms with Gasteiger partial charge in [-0.05, 0) is 23.4 Å². The van der Waals surface area contributed by atoms with Crippen LogP contribution in [0.1, 0.15) is 10.4 Å². The predicted octanol–water partition coefficient (Wildman–Crippen LogP) is 1.51. The standard InChI is InChI=1S/C10H15NO2Si/c1-14(2,3)9-6-7(11)4-5-8(9)10(12)13/h4-6H,11H2,1-3H3,(H,12,13). The van der Waals surface area contributed by atoms with Crippen molar-refractivity contribution in [3.05, 3.63) is 23.8 Å². The first-order valence-corrected chi connectivity index (χ1v) is 7.95. The molecule has 0 bridgehead atoms. The number of carboxylic acids is 1. The van der Waals surface area contributed by atoms with Crippen molar-refractivity contribution in [3.63, 3.8) is 0 Å². The van der Waals surface area contributed by atoms with Crippen molar-refractivity contribution >= 4 is 24.9 Å². The van der Waals surface area contributed by atoms with Crippen LogP contribution in [0.4, 0.5) is 5.69 Å². The molecule has 0 radical (unpaired) electrons. The normalized spacial score (nSPS) is 11.4. The molecule has 0 aliphatic carbocycles. The van der Waals surface area contributed by atoms with Crippen molar-refractivity contribution in [1.82, 2.24) is 0 Å². The van der Waals surface area contributed by atoms with Crippen LogP contribution >= 0.6 is 0 Å². The van der Waals surface area contributed by atoms with Crippen LogP contribution in [0.25, 0.3) is 0 Å². The van der Waals surface area contributed by atoms with Gasteiger partial charge in [-0.15, -0.1) is 0 Å². The molecule has 0 saturated carbocycles. The maximum Gasteiger partial charge on any atom is 0.335 e. The minimum Gasteiger partial charge on any atom is -0.478 e. The Bertz CT molecular complexity index is 369. The highest BCUT2D eigenvalue weighted by Crippen LogP contribution is 2.11. The van der Waals surface area contributed by atoms with E-state index in [1.807, 2.05) is 0 Å². The van der Waals surface area contributed by atoms with E-state index in [1.54, 1.807) is 18.2 Å². The summed E-state index contributed by atoms with van der Waals surface area (Å²) in [6, 6.07) is 5.01. The molecular formula is C10H15NO2Si. The second-order valence-electron chi connectivity index (χ2n) is 4.36. The van der Waals surface area contributed by atoms with Crippen LogP contribution < -0.4 is 10.9 Å². The van der Waals surface area contributed by atoms with Crippen molar-refractivity contribution in [3.8, 4) is 0 Å². The molecule has 0 aliphatic rings. The molecule has 76 valence electrons. The van der Waals surface area contributed by atoms with Gasteiger partial charge in [-0.25, -0.2) is 4.79 Å². The molecule has 1 aromatic carbocycles. The van der Waals surface area contributed by atoms with E-state index in [-0.39, 0.29) is 0 Å². The molecule has 4 heteroatoms. The molecule has 0 amide bonds. The lowest BCUT2D eigenvalue weighted by Crippen LogP contribution is -2.41. The van der Waals surface area contributed by atoms with E-state index in [0.717, 1.165) is 5.19 Å². The zero-order valence-corrected chi connectivity index (χ0v) is 9.66. The Hall–Kier alpha value is -1.29. The van der Waals surface area contributed by atoms with Crippen LogP contribution in [-0.2, 0) is 0 Å². The van der Waals surface area contributed by atoms with Crippen molar-refractivity contribution in [2.24, 2.45) is 0 Å². The maximum absolute atomic E-state index is 11.0. The largest absolute Gasteiger partial charge is 0.478 e. The highest BCUT2D eigenvalue weighted by Gasteiger charge is 2.23. The lowest BCUT2D eigenvalue weighted by atomic mass is 10.2. The topological polar surface area (TPSA) is 63.3 Å². The van der Waals surface area contributed by atoms with E-state index in [9.17, 15) is 4.79 Å². The summed E-state index contributed by atoms with van der Waals surface area (Å²) in [4.78, 5) is 11.0. The molecule has 0 heterocycles. The van der Waals surface area contributed by atoms with Crippen LogP contribution in [0.3, 0.4) is 0 Å². The third-order valence-electron chi connectivity index (χ3n) is 2.08. The fraction of sp³-hybridized carbons (Fsp3) is 0.300. The SMILES string of the molecule is C[Si](C)(C)c1cc(N)ccc1C(=O)O. The average molecular weight is 209 g/mol. The van der Waals surface area contributed by atoms with Crippen LogP contribution in [0, 0.1) is 0 Å². The molecule has 0 spiro atoms. The molecule has 0 aromatic heterocycles. The summed E-state index contributed by atoms with van der Waals surface area (Å²) in [7, 11) is -1.63. The fourth-order valence-electron chi connectivity index (χ4n) is 1.37. The van der Waals surface area contributed by atoms with Crippen LogP contribution in [-0.4, -0.2) is 19.1 Å². The Labute approximate surface area is 84.6 Å². The van der Waals surface area contributed by atoms with Gasteiger partial charge in [0, 0.05) is 5.69 Å². The summed E-state index contributed by atoms with van der Waals surface area (Å²) >= 11 is 0. The van der Waals surface area contributed by atoms with Crippen LogP contribution in [0.15, 0.2) is 18.2 Å². The highest BCUT2D eigenvalue weighted by molar-refractivity contribution is 6.89. The van der Waals surface area contributed by atoms with Gasteiger partial charge in [0.05, 0.1) is 13.6 Å². The summed E-state index contributed by atoms with van der Waals surface area (Å²) in [5, 5.41) is 9.91. The molecule has 0 saturated heterocycles. The minimum atomic E-state index is -1.63. The minimum absolute atomic E-state index is 0.387. The molecule has 3 N–H and O–H groups in total. The summed E-state index contributed by atoms with van der Waals surface area (Å²) in [6.07, 6.45) is 0. The second kappa shape index (κ2) is 3.46. The van der Waals surface area contributed by atoms with Gasteiger partial charge in [0.25, 0.3) is 0 Å². The number of benzene rings is 1. The highest BCUT2D eigenvalue weighted by atomic mass is 28.3. The Balaban J connectivity index is 3.38. The monoisotopic (exact) mass is 209 g/mol. The number of rotatable bonds is 2. The molecule has 3 nitrogen and oxygen atoms in total. The Morgan fingerprint density at radius 2 is 1.93 bits per heavy atom. The predicted molar refractivity (Wildman–Crippen MR) is 60.8 cm³/mol. The Morgan fingerprint density at radius 1 is 1.36 bits per heavy atom. The van der Waals surface area contributed by atoms with E-state index in [4.69, 9.17) is 10.8 Å². The first kappa shape index (κ1) is 10.8. The van der Waals surface area contributed by atoms with Gasteiger partial charge in [0.15, 0.2) is 0 Å². The van der Waals surface area contributed by atoms with Gasteiger partial charge >= 0.3 is 5.97 Å². The van der Waals surface area contributed by atoms with Gasteiger partial charge in [0.1, 0.15) is 0 Å². The van der Waals surface area contributed by atoms with Gasteiger partial charge in [-0.2, -0.15) is 0 Å². The van der Waals surface area contributed by atoms with Crippen molar-refractivity contribution in [2.45, 2.75) is 19.6 Å². The fourth-order valence-corrected chi connectivity index (χ4v) is 2.97. The number of nitrogen functional groups attached to an aromatic ring is 1. The van der Waals surface area contributed by atoms with Gasteiger partial charge in [-0.1, -0.05) is 19.6 Å². The number of hydrogen-bond donors (Lipinski definition) is 2. The van der Waals surface area contributed by atoms with Crippen molar-refractivity contribution in [2.75, 3.05) is 5.73 Å². The molecule has 1 aromatic rings. The van der Waals surface area contributed by atoms with E-state index >= 15 is 0 Å². The molecule has 0 aliphatic heterocycles. The molecule has 0 fully saturated rings. The van der Waals surface area contributed by atoms with Crippen LogP contribution in [0.2, 0.25) is 19.6 Å². The van der Waals surface area contributed by atoms with E-state index in [0.29, 0.717) is 11.3 Å². The van der Waals surface area contributed by atoms with Crippen molar-refractivity contribution in [1.29, 1.82) is 0 Å². The van der Waals surface area contributed by atoms with Gasteiger partial charge in [0.2, 0.25) is 0 Å². The van der Waals surface area contributed by atoms with E-state index < -0.39 is 14.0 Å². The Morgan fingerprint density at radius 3 is 2.36 bits per heavy atom. The first-order valence-electron chi connectivity index (χ1n) is 4.45. The number of hydrogen-bond acceptors (Lipinski definition) is 2. The molecule has 0 atom stereocenters. The summed E-state index contributed by atoms with van der Waals surface area (Å²) in [5.41, 5.74) is 6.67. The zero-order chi connectivity index (χ0) is 10.9. The summed E-state index contributed by atoms with van der Waals surface area (Å²) < 4.78 is 0. The number of nitrogens with two attached hydrogens (primary N) is 1. The number of carbonyl (C=O) groups is 1. The second-order valence-corrected chi connectivity index (χ2v) is 9.40. The zero-order valence-electron chi connectivity index (χ0n) is 8.66. The third kappa shape index (κ3) is 2.14. The summed E-state index contributed by atoms with van der Waals surface area (Å²) in [6.45, 7) is 6.32. The first-order chi connectivity index (χ1) is 6.32. The average Bonchev–Trinajstić information content (AvgIpc) is 2.01. The smallest absolute Gasteiger partial charge is 0.335 e. The number of carboxylic acid groups (broad SMARTS) is 1. The molecule has 1 rings (SSSR count). The van der Waals surface area contributed by atoms with Crippen molar-refractivity contribution < 1.29 is 9.90 Å². The lowest BCUT2D eigenvalue weighted by Gasteiger charge is -2.19. The molecule has 14 heavy (non-hydrogen) atoms. The quantitative estimate of drug-likeness (QED) is 0.573. The molecular weight excluding hydrogens is 194 g/mol. The molecule has 0 unspecified atom stereocenters. The maximum atomic E-state index is 11.0.